The molecule has 0 saturated carbocycles. The third-order valence-electron chi connectivity index (χ3n) is 4.54. The summed E-state index contributed by atoms with van der Waals surface area (Å²) in [7, 11) is -3.81. The molecule has 0 aliphatic carbocycles. The molecule has 1 amide bonds. The SMILES string of the molecule is CC(C)(C)CC(=O)Nc1ccc2c(c1)N(S(=O)(=O)c1ccc(F)cc1)CCC2. The van der Waals surface area contributed by atoms with Crippen molar-refractivity contribution < 1.29 is 17.6 Å². The highest BCUT2D eigenvalue weighted by molar-refractivity contribution is 7.92. The maximum Gasteiger partial charge on any atom is 0.264 e. The van der Waals surface area contributed by atoms with Gasteiger partial charge in [0, 0.05) is 18.7 Å². The van der Waals surface area contributed by atoms with E-state index in [2.05, 4.69) is 5.32 Å². The van der Waals surface area contributed by atoms with Crippen LogP contribution >= 0.6 is 0 Å². The maximum absolute atomic E-state index is 13.2. The van der Waals surface area contributed by atoms with Crippen LogP contribution in [-0.4, -0.2) is 20.9 Å². The average molecular weight is 405 g/mol. The third kappa shape index (κ3) is 4.52. The molecule has 0 spiro atoms. The maximum atomic E-state index is 13.2. The highest BCUT2D eigenvalue weighted by Crippen LogP contribution is 2.34. The minimum Gasteiger partial charge on any atom is -0.326 e. The van der Waals surface area contributed by atoms with Crippen molar-refractivity contribution >= 4 is 27.3 Å². The molecule has 3 rings (SSSR count). The normalized spacial score (nSPS) is 14.5. The monoisotopic (exact) mass is 404 g/mol. The number of fused-ring (bicyclic) bond motifs is 1. The van der Waals surface area contributed by atoms with Gasteiger partial charge in [-0.25, -0.2) is 12.8 Å². The number of hydrogen-bond acceptors (Lipinski definition) is 3. The first-order chi connectivity index (χ1) is 13.1. The lowest BCUT2D eigenvalue weighted by molar-refractivity contribution is -0.117. The zero-order valence-electron chi connectivity index (χ0n) is 16.3. The third-order valence-corrected chi connectivity index (χ3v) is 6.37. The van der Waals surface area contributed by atoms with E-state index < -0.39 is 15.8 Å². The van der Waals surface area contributed by atoms with Crippen molar-refractivity contribution in [1.29, 1.82) is 0 Å². The van der Waals surface area contributed by atoms with Crippen LogP contribution in [0, 0.1) is 11.2 Å². The lowest BCUT2D eigenvalue weighted by Crippen LogP contribution is -2.35. The molecule has 1 aliphatic heterocycles. The van der Waals surface area contributed by atoms with Gasteiger partial charge in [-0.1, -0.05) is 26.8 Å². The summed E-state index contributed by atoms with van der Waals surface area (Å²) in [6.45, 7) is 6.29. The zero-order valence-corrected chi connectivity index (χ0v) is 17.1. The number of halogens is 1. The van der Waals surface area contributed by atoms with Gasteiger partial charge in [0.25, 0.3) is 10.0 Å². The fourth-order valence-corrected chi connectivity index (χ4v) is 4.82. The van der Waals surface area contributed by atoms with Gasteiger partial charge in [-0.2, -0.15) is 0 Å². The van der Waals surface area contributed by atoms with Crippen molar-refractivity contribution in [2.24, 2.45) is 5.41 Å². The Morgan fingerprint density at radius 2 is 1.82 bits per heavy atom. The lowest BCUT2D eigenvalue weighted by Gasteiger charge is -2.31. The van der Waals surface area contributed by atoms with Crippen LogP contribution in [0.25, 0.3) is 0 Å². The number of carbonyl (C=O) groups excluding carboxylic acids is 1. The van der Waals surface area contributed by atoms with Crippen molar-refractivity contribution in [3.63, 3.8) is 0 Å². The molecule has 1 aliphatic rings. The Bertz CT molecular complexity index is 980. The molecule has 1 N–H and O–H groups in total. The van der Waals surface area contributed by atoms with E-state index in [-0.39, 0.29) is 16.2 Å². The van der Waals surface area contributed by atoms with Crippen LogP contribution in [0.1, 0.15) is 39.2 Å². The molecule has 5 nitrogen and oxygen atoms in total. The number of rotatable bonds is 4. The molecule has 0 unspecified atom stereocenters. The fourth-order valence-electron chi connectivity index (χ4n) is 3.29. The van der Waals surface area contributed by atoms with Crippen LogP contribution < -0.4 is 9.62 Å². The van der Waals surface area contributed by atoms with E-state index in [1.54, 1.807) is 12.1 Å². The Morgan fingerprint density at radius 1 is 1.14 bits per heavy atom. The summed E-state index contributed by atoms with van der Waals surface area (Å²) in [6.07, 6.45) is 1.83. The molecule has 28 heavy (non-hydrogen) atoms. The van der Waals surface area contributed by atoms with Crippen LogP contribution in [0.4, 0.5) is 15.8 Å². The van der Waals surface area contributed by atoms with Gasteiger partial charge >= 0.3 is 0 Å². The Hall–Kier alpha value is -2.41. The average Bonchev–Trinajstić information content (AvgIpc) is 2.59. The van der Waals surface area contributed by atoms with Gasteiger partial charge < -0.3 is 5.32 Å². The van der Waals surface area contributed by atoms with Gasteiger partial charge in [0.1, 0.15) is 5.82 Å². The van der Waals surface area contributed by atoms with Crippen molar-refractivity contribution in [2.75, 3.05) is 16.2 Å². The first-order valence-electron chi connectivity index (χ1n) is 9.27. The molecule has 0 atom stereocenters. The van der Waals surface area contributed by atoms with Crippen molar-refractivity contribution in [2.45, 2.75) is 44.9 Å². The number of sulfonamides is 1. The summed E-state index contributed by atoms with van der Waals surface area (Å²) in [5.74, 6) is -0.599. The number of benzene rings is 2. The molecule has 2 aromatic carbocycles. The first kappa shape index (κ1) is 20.3. The number of nitrogens with zero attached hydrogens (tertiary/aromatic N) is 1. The first-order valence-corrected chi connectivity index (χ1v) is 10.7. The van der Waals surface area contributed by atoms with E-state index in [1.165, 1.54) is 16.4 Å². The van der Waals surface area contributed by atoms with Crippen LogP contribution in [0.2, 0.25) is 0 Å². The van der Waals surface area contributed by atoms with Gasteiger partial charge in [0.15, 0.2) is 0 Å². The number of amides is 1. The molecule has 0 saturated heterocycles. The topological polar surface area (TPSA) is 66.5 Å². The molecule has 1 heterocycles. The van der Waals surface area contributed by atoms with Gasteiger partial charge in [-0.15, -0.1) is 0 Å². The summed E-state index contributed by atoms with van der Waals surface area (Å²) in [5, 5.41) is 2.86. The summed E-state index contributed by atoms with van der Waals surface area (Å²) in [6, 6.07) is 10.2. The molecule has 2 aromatic rings. The van der Waals surface area contributed by atoms with Crippen molar-refractivity contribution in [3.8, 4) is 0 Å². The molecule has 0 radical (unpaired) electrons. The molecule has 150 valence electrons. The van der Waals surface area contributed by atoms with Crippen LogP contribution in [0.3, 0.4) is 0 Å². The van der Waals surface area contributed by atoms with E-state index >= 15 is 0 Å². The molecular formula is C21H25FN2O3S. The summed E-state index contributed by atoms with van der Waals surface area (Å²) in [4.78, 5) is 12.3. The number of anilines is 2. The second kappa shape index (κ2) is 7.54. The minimum absolute atomic E-state index is 0.0453. The lowest BCUT2D eigenvalue weighted by atomic mass is 9.92. The summed E-state index contributed by atoms with van der Waals surface area (Å²) >= 11 is 0. The smallest absolute Gasteiger partial charge is 0.264 e. The minimum atomic E-state index is -3.81. The Labute approximate surface area is 165 Å². The number of nitrogens with one attached hydrogen (secondary N) is 1. The standard InChI is InChI=1S/C21H25FN2O3S/c1-21(2,3)14-20(25)23-17-9-6-15-5-4-12-24(19(15)13-17)28(26,27)18-10-7-16(22)8-11-18/h6-11,13H,4-5,12,14H2,1-3H3,(H,23,25). The van der Waals surface area contributed by atoms with Gasteiger partial charge in [0.05, 0.1) is 10.6 Å². The van der Waals surface area contributed by atoms with Gasteiger partial charge in [0.2, 0.25) is 5.91 Å². The van der Waals surface area contributed by atoms with Crippen LogP contribution in [0.5, 0.6) is 0 Å². The molecule has 0 bridgehead atoms. The van der Waals surface area contributed by atoms with Crippen molar-refractivity contribution in [3.05, 3.63) is 53.8 Å². The largest absolute Gasteiger partial charge is 0.326 e. The predicted octanol–water partition coefficient (Wildman–Crippen LogP) is 4.34. The van der Waals surface area contributed by atoms with E-state index in [0.29, 0.717) is 30.8 Å². The van der Waals surface area contributed by atoms with Gasteiger partial charge in [-0.05, 0) is 60.2 Å². The number of hydrogen-bond donors (Lipinski definition) is 1. The predicted molar refractivity (Wildman–Crippen MR) is 108 cm³/mol. The van der Waals surface area contributed by atoms with Crippen LogP contribution in [0.15, 0.2) is 47.4 Å². The molecule has 7 heteroatoms. The Kier molecular flexibility index (Phi) is 5.48. The zero-order chi connectivity index (χ0) is 20.5. The van der Waals surface area contributed by atoms with Gasteiger partial charge in [-0.3, -0.25) is 9.10 Å². The van der Waals surface area contributed by atoms with Crippen LogP contribution in [-0.2, 0) is 21.2 Å². The fraction of sp³-hybridized carbons (Fsp3) is 0.381. The summed E-state index contributed by atoms with van der Waals surface area (Å²) < 4.78 is 40.7. The van der Waals surface area contributed by atoms with Crippen molar-refractivity contribution in [1.82, 2.24) is 0 Å². The summed E-state index contributed by atoms with van der Waals surface area (Å²) in [5.41, 5.74) is 1.89. The second-order valence-electron chi connectivity index (χ2n) is 8.26. The quantitative estimate of drug-likeness (QED) is 0.824. The highest BCUT2D eigenvalue weighted by Gasteiger charge is 2.29. The number of carbonyl (C=O) groups is 1. The van der Waals surface area contributed by atoms with E-state index in [1.807, 2.05) is 26.8 Å². The Balaban J connectivity index is 1.92. The Morgan fingerprint density at radius 3 is 2.46 bits per heavy atom. The van der Waals surface area contributed by atoms with E-state index in [9.17, 15) is 17.6 Å². The number of aryl methyl sites for hydroxylation is 1. The van der Waals surface area contributed by atoms with E-state index in [4.69, 9.17) is 0 Å². The molecular weight excluding hydrogens is 379 g/mol. The molecule has 0 fully saturated rings. The van der Waals surface area contributed by atoms with E-state index in [0.717, 1.165) is 24.1 Å². The highest BCUT2D eigenvalue weighted by atomic mass is 32.2. The molecule has 0 aromatic heterocycles. The second-order valence-corrected chi connectivity index (χ2v) is 10.1.